The van der Waals surface area contributed by atoms with Crippen molar-refractivity contribution >= 4 is 50.9 Å². The molecule has 31 heavy (non-hydrogen) atoms. The SMILES string of the molecule is CCn1cc(C(=O)O)c(=O)c2c3c(ccc21)=NC(=O)C=3c1c(O)[nH]c2cc(Cl)ccc12. The van der Waals surface area contributed by atoms with Gasteiger partial charge in [0.1, 0.15) is 5.56 Å². The normalized spacial score (nSPS) is 13.1. The lowest BCUT2D eigenvalue weighted by atomic mass is 9.99. The van der Waals surface area contributed by atoms with Gasteiger partial charge in [-0.1, -0.05) is 17.7 Å². The minimum absolute atomic E-state index is 0.0361. The number of hydrogen-bond acceptors (Lipinski definition) is 4. The lowest BCUT2D eigenvalue weighted by Crippen LogP contribution is -2.32. The zero-order valence-corrected chi connectivity index (χ0v) is 16.8. The molecule has 0 bridgehead atoms. The van der Waals surface area contributed by atoms with Crippen molar-refractivity contribution in [2.75, 3.05) is 0 Å². The van der Waals surface area contributed by atoms with E-state index in [2.05, 4.69) is 9.98 Å². The summed E-state index contributed by atoms with van der Waals surface area (Å²) < 4.78 is 1.63. The highest BCUT2D eigenvalue weighted by Gasteiger charge is 2.28. The molecule has 0 radical (unpaired) electrons. The summed E-state index contributed by atoms with van der Waals surface area (Å²) in [6, 6.07) is 8.12. The summed E-state index contributed by atoms with van der Waals surface area (Å²) in [6.07, 6.45) is 1.29. The first-order chi connectivity index (χ1) is 14.8. The molecule has 0 unspecified atom stereocenters. The molecule has 0 saturated carbocycles. The van der Waals surface area contributed by atoms with Gasteiger partial charge in [-0.25, -0.2) is 9.79 Å². The number of fused-ring (bicyclic) bond motifs is 4. The Morgan fingerprint density at radius 1 is 1.23 bits per heavy atom. The molecule has 4 aromatic rings. The van der Waals surface area contributed by atoms with Gasteiger partial charge in [-0.15, -0.1) is 0 Å². The first kappa shape index (κ1) is 19.1. The number of amides is 1. The Kier molecular flexibility index (Phi) is 4.03. The first-order valence-electron chi connectivity index (χ1n) is 9.39. The quantitative estimate of drug-likeness (QED) is 0.453. The number of aryl methyl sites for hydroxylation is 1. The Balaban J connectivity index is 2.07. The summed E-state index contributed by atoms with van der Waals surface area (Å²) in [5, 5.41) is 21.7. The van der Waals surface area contributed by atoms with Gasteiger partial charge >= 0.3 is 5.97 Å². The molecular weight excluding hydrogens is 422 g/mol. The molecule has 0 aliphatic carbocycles. The number of aromatic carboxylic acids is 1. The van der Waals surface area contributed by atoms with Crippen molar-refractivity contribution in [3.8, 4) is 5.88 Å². The van der Waals surface area contributed by atoms with Gasteiger partial charge in [0, 0.05) is 28.4 Å². The summed E-state index contributed by atoms with van der Waals surface area (Å²) >= 11 is 6.04. The first-order valence-corrected chi connectivity index (χ1v) is 9.77. The summed E-state index contributed by atoms with van der Waals surface area (Å²) in [5.74, 6) is -2.26. The van der Waals surface area contributed by atoms with Crippen LogP contribution >= 0.6 is 11.6 Å². The minimum Gasteiger partial charge on any atom is -0.494 e. The summed E-state index contributed by atoms with van der Waals surface area (Å²) in [4.78, 5) is 44.7. The van der Waals surface area contributed by atoms with Crippen molar-refractivity contribution in [2.24, 2.45) is 4.99 Å². The van der Waals surface area contributed by atoms with Crippen LogP contribution in [0.15, 0.2) is 46.3 Å². The van der Waals surface area contributed by atoms with Crippen LogP contribution < -0.4 is 16.0 Å². The molecule has 0 spiro atoms. The average Bonchev–Trinajstić information content (AvgIpc) is 3.21. The molecule has 1 aliphatic heterocycles. The van der Waals surface area contributed by atoms with Gasteiger partial charge in [0.25, 0.3) is 5.91 Å². The van der Waals surface area contributed by atoms with E-state index >= 15 is 0 Å². The Morgan fingerprint density at radius 2 is 2.00 bits per heavy atom. The Bertz CT molecular complexity index is 1660. The van der Waals surface area contributed by atoms with Gasteiger partial charge in [0.05, 0.1) is 32.9 Å². The zero-order valence-electron chi connectivity index (χ0n) is 16.1. The molecule has 5 rings (SSSR count). The van der Waals surface area contributed by atoms with E-state index in [1.807, 2.05) is 6.92 Å². The number of benzene rings is 2. The number of carboxylic acid groups (broad SMARTS) is 1. The third-order valence-electron chi connectivity index (χ3n) is 5.48. The molecule has 154 valence electrons. The number of nitrogens with zero attached hydrogens (tertiary/aromatic N) is 2. The maximum absolute atomic E-state index is 13.2. The number of nitrogens with one attached hydrogen (secondary N) is 1. The molecule has 2 aromatic carbocycles. The monoisotopic (exact) mass is 435 g/mol. The predicted molar refractivity (Wildman–Crippen MR) is 114 cm³/mol. The highest BCUT2D eigenvalue weighted by atomic mass is 35.5. The van der Waals surface area contributed by atoms with Crippen LogP contribution in [0.25, 0.3) is 27.4 Å². The molecule has 3 N–H and O–H groups in total. The van der Waals surface area contributed by atoms with E-state index in [0.29, 0.717) is 28.0 Å². The van der Waals surface area contributed by atoms with Gasteiger partial charge in [0.2, 0.25) is 5.43 Å². The minimum atomic E-state index is -1.36. The van der Waals surface area contributed by atoms with Crippen molar-refractivity contribution in [1.82, 2.24) is 9.55 Å². The smallest absolute Gasteiger partial charge is 0.341 e. The molecule has 1 amide bonds. The Morgan fingerprint density at radius 3 is 2.71 bits per heavy atom. The summed E-state index contributed by atoms with van der Waals surface area (Å²) in [5.41, 5.74) is 0.0845. The lowest BCUT2D eigenvalue weighted by Gasteiger charge is -2.10. The molecule has 0 fully saturated rings. The molecule has 8 nitrogen and oxygen atoms in total. The third kappa shape index (κ3) is 2.62. The van der Waals surface area contributed by atoms with Gasteiger partial charge < -0.3 is 19.8 Å². The van der Waals surface area contributed by atoms with Crippen LogP contribution in [-0.2, 0) is 11.3 Å². The van der Waals surface area contributed by atoms with Crippen LogP contribution in [0.3, 0.4) is 0 Å². The number of carboxylic acids is 1. The van der Waals surface area contributed by atoms with Crippen LogP contribution in [0.1, 0.15) is 22.8 Å². The van der Waals surface area contributed by atoms with Crippen molar-refractivity contribution in [3.63, 3.8) is 0 Å². The van der Waals surface area contributed by atoms with Gasteiger partial charge in [-0.3, -0.25) is 9.59 Å². The second-order valence-corrected chi connectivity index (χ2v) is 7.58. The molecule has 1 aliphatic rings. The van der Waals surface area contributed by atoms with Crippen LogP contribution in [0.2, 0.25) is 5.02 Å². The van der Waals surface area contributed by atoms with E-state index in [0.717, 1.165) is 0 Å². The highest BCUT2D eigenvalue weighted by Crippen LogP contribution is 2.34. The second kappa shape index (κ2) is 6.55. The van der Waals surface area contributed by atoms with Crippen molar-refractivity contribution in [2.45, 2.75) is 13.5 Å². The van der Waals surface area contributed by atoms with Gasteiger partial charge in [-0.2, -0.15) is 0 Å². The van der Waals surface area contributed by atoms with E-state index in [4.69, 9.17) is 11.6 Å². The van der Waals surface area contributed by atoms with E-state index in [1.54, 1.807) is 34.9 Å². The van der Waals surface area contributed by atoms with E-state index in [1.165, 1.54) is 6.20 Å². The molecule has 3 heterocycles. The van der Waals surface area contributed by atoms with Crippen molar-refractivity contribution in [3.05, 3.63) is 73.5 Å². The zero-order chi connectivity index (χ0) is 22.0. The number of pyridine rings is 1. The Labute approximate surface area is 178 Å². The van der Waals surface area contributed by atoms with E-state index in [-0.39, 0.29) is 33.0 Å². The predicted octanol–water partition coefficient (Wildman–Crippen LogP) is 1.92. The third-order valence-corrected chi connectivity index (χ3v) is 5.71. The van der Waals surface area contributed by atoms with Crippen LogP contribution in [0.4, 0.5) is 0 Å². The number of rotatable bonds is 3. The lowest BCUT2D eigenvalue weighted by molar-refractivity contribution is -0.112. The number of hydrogen-bond donors (Lipinski definition) is 3. The van der Waals surface area contributed by atoms with Crippen LogP contribution in [0, 0.1) is 0 Å². The summed E-state index contributed by atoms with van der Waals surface area (Å²) in [7, 11) is 0. The fourth-order valence-corrected chi connectivity index (χ4v) is 4.31. The van der Waals surface area contributed by atoms with Gasteiger partial charge in [-0.05, 0) is 31.2 Å². The standard InChI is InChI=1S/C22H14ClN3O5/c1-2-26-8-11(22(30)31)19(27)17-14(26)6-5-12-16(17)18(21(29)24-12)15-10-4-3-9(23)7-13(10)25-20(15)28/h3-8,25,28H,2H2,1H3,(H,30,31). The maximum Gasteiger partial charge on any atom is 0.341 e. The van der Waals surface area contributed by atoms with Crippen molar-refractivity contribution in [1.29, 1.82) is 0 Å². The molecular formula is C22H14ClN3O5. The topological polar surface area (TPSA) is 125 Å². The van der Waals surface area contributed by atoms with Crippen LogP contribution in [-0.4, -0.2) is 31.6 Å². The number of aromatic nitrogens is 2. The van der Waals surface area contributed by atoms with Crippen LogP contribution in [0.5, 0.6) is 5.88 Å². The van der Waals surface area contributed by atoms with Gasteiger partial charge in [0.15, 0.2) is 5.88 Å². The second-order valence-electron chi connectivity index (χ2n) is 7.15. The fraction of sp³-hybridized carbons (Fsp3) is 0.0909. The number of carbonyl (C=O) groups excluding carboxylic acids is 1. The fourth-order valence-electron chi connectivity index (χ4n) is 4.14. The number of aromatic hydroxyl groups is 1. The number of H-pyrrole nitrogens is 1. The van der Waals surface area contributed by atoms with E-state index < -0.39 is 22.9 Å². The molecule has 0 atom stereocenters. The Hall–Kier alpha value is -3.91. The highest BCUT2D eigenvalue weighted by molar-refractivity contribution is 6.32. The number of halogens is 1. The maximum atomic E-state index is 13.2. The van der Waals surface area contributed by atoms with E-state index in [9.17, 15) is 24.6 Å². The molecule has 0 saturated heterocycles. The molecule has 2 aromatic heterocycles. The average molecular weight is 436 g/mol. The molecule has 9 heteroatoms. The largest absolute Gasteiger partial charge is 0.494 e. The summed E-state index contributed by atoms with van der Waals surface area (Å²) in [6.45, 7) is 2.23. The number of carbonyl (C=O) groups is 2. The van der Waals surface area contributed by atoms with Crippen molar-refractivity contribution < 1.29 is 19.8 Å². The number of aromatic amines is 1.